The van der Waals surface area contributed by atoms with E-state index in [1.54, 1.807) is 12.1 Å². The lowest BCUT2D eigenvalue weighted by Crippen LogP contribution is -2.35. The Morgan fingerprint density at radius 1 is 1.29 bits per heavy atom. The highest BCUT2D eigenvalue weighted by Crippen LogP contribution is 2.26. The average molecular weight is 255 g/mol. The van der Waals surface area contributed by atoms with E-state index in [4.69, 9.17) is 0 Å². The minimum atomic E-state index is -1.01. The van der Waals surface area contributed by atoms with Crippen LogP contribution in [0, 0.1) is 5.82 Å². The molecule has 94 valence electrons. The summed E-state index contributed by atoms with van der Waals surface area (Å²) < 4.78 is 25.1. The van der Waals surface area contributed by atoms with Crippen molar-refractivity contribution in [2.24, 2.45) is 0 Å². The maximum atomic E-state index is 12.8. The van der Waals surface area contributed by atoms with Crippen LogP contribution in [0.5, 0.6) is 0 Å². The topological polar surface area (TPSA) is 29.1 Å². The van der Waals surface area contributed by atoms with Gasteiger partial charge < -0.3 is 5.32 Å². The van der Waals surface area contributed by atoms with Crippen molar-refractivity contribution in [2.45, 2.75) is 41.9 Å². The molecule has 0 radical (unpaired) electrons. The van der Waals surface area contributed by atoms with Gasteiger partial charge in [-0.2, -0.15) is 0 Å². The van der Waals surface area contributed by atoms with Gasteiger partial charge in [-0.05, 0) is 50.6 Å². The first-order chi connectivity index (χ1) is 8.20. The Labute approximate surface area is 104 Å². The zero-order valence-electron chi connectivity index (χ0n) is 9.99. The van der Waals surface area contributed by atoms with Gasteiger partial charge in [0.1, 0.15) is 5.82 Å². The normalized spacial score (nSPS) is 26.7. The molecule has 0 saturated heterocycles. The Morgan fingerprint density at radius 2 is 2.00 bits per heavy atom. The number of benzene rings is 1. The minimum Gasteiger partial charge on any atom is -0.317 e. The van der Waals surface area contributed by atoms with Crippen LogP contribution in [0.2, 0.25) is 0 Å². The molecule has 0 spiro atoms. The molecule has 0 aliphatic heterocycles. The number of hydrogen-bond donors (Lipinski definition) is 1. The number of hydrogen-bond acceptors (Lipinski definition) is 2. The van der Waals surface area contributed by atoms with Crippen molar-refractivity contribution in [3.63, 3.8) is 0 Å². The second-order valence-electron chi connectivity index (χ2n) is 4.53. The van der Waals surface area contributed by atoms with E-state index in [9.17, 15) is 8.60 Å². The summed E-state index contributed by atoms with van der Waals surface area (Å²) >= 11 is 0. The molecule has 1 N–H and O–H groups in total. The van der Waals surface area contributed by atoms with E-state index >= 15 is 0 Å². The molecule has 3 atom stereocenters. The second kappa shape index (κ2) is 5.74. The molecule has 0 heterocycles. The highest BCUT2D eigenvalue weighted by atomic mass is 32.2. The van der Waals surface area contributed by atoms with Crippen LogP contribution >= 0.6 is 0 Å². The zero-order valence-corrected chi connectivity index (χ0v) is 10.8. The Bertz CT molecular complexity index is 393. The molecule has 1 aromatic carbocycles. The van der Waals surface area contributed by atoms with Gasteiger partial charge in [0.2, 0.25) is 0 Å². The van der Waals surface area contributed by atoms with Gasteiger partial charge in [-0.15, -0.1) is 0 Å². The largest absolute Gasteiger partial charge is 0.317 e. The molecule has 2 rings (SSSR count). The van der Waals surface area contributed by atoms with Crippen molar-refractivity contribution in [1.82, 2.24) is 5.32 Å². The van der Waals surface area contributed by atoms with E-state index in [0.717, 1.165) is 30.6 Å². The van der Waals surface area contributed by atoms with Crippen molar-refractivity contribution < 1.29 is 8.60 Å². The van der Waals surface area contributed by atoms with Crippen molar-refractivity contribution >= 4 is 10.8 Å². The lowest BCUT2D eigenvalue weighted by Gasteiger charge is -2.28. The predicted molar refractivity (Wildman–Crippen MR) is 67.9 cm³/mol. The molecule has 1 fully saturated rings. The fraction of sp³-hybridized carbons (Fsp3) is 0.538. The molecular weight excluding hydrogens is 237 g/mol. The van der Waals surface area contributed by atoms with Gasteiger partial charge in [0.05, 0.1) is 10.8 Å². The summed E-state index contributed by atoms with van der Waals surface area (Å²) in [6.07, 6.45) is 4.22. The molecule has 3 unspecified atom stereocenters. The van der Waals surface area contributed by atoms with Gasteiger partial charge in [0, 0.05) is 16.2 Å². The summed E-state index contributed by atoms with van der Waals surface area (Å²) in [5, 5.41) is 3.46. The van der Waals surface area contributed by atoms with Crippen LogP contribution in [-0.4, -0.2) is 22.5 Å². The first-order valence-corrected chi connectivity index (χ1v) is 7.25. The number of halogens is 1. The number of rotatable bonds is 3. The summed E-state index contributed by atoms with van der Waals surface area (Å²) in [5.41, 5.74) is 0. The second-order valence-corrected chi connectivity index (χ2v) is 6.26. The lowest BCUT2D eigenvalue weighted by molar-refractivity contribution is 0.398. The summed E-state index contributed by atoms with van der Waals surface area (Å²) in [6.45, 7) is 0. The van der Waals surface area contributed by atoms with Crippen LogP contribution in [0.4, 0.5) is 4.39 Å². The predicted octanol–water partition coefficient (Wildman–Crippen LogP) is 2.46. The third-order valence-corrected chi connectivity index (χ3v) is 5.15. The maximum absolute atomic E-state index is 12.8. The quantitative estimate of drug-likeness (QED) is 0.899. The zero-order chi connectivity index (χ0) is 12.3. The van der Waals surface area contributed by atoms with Crippen molar-refractivity contribution in [3.05, 3.63) is 30.1 Å². The Hall–Kier alpha value is -0.740. The molecule has 2 nitrogen and oxygen atoms in total. The molecule has 0 amide bonds. The average Bonchev–Trinajstić information content (AvgIpc) is 2.39. The third kappa shape index (κ3) is 3.13. The van der Waals surface area contributed by atoms with Crippen LogP contribution in [0.15, 0.2) is 29.2 Å². The standard InChI is InChI=1S/C13H18FNOS/c1-15-11-3-2-4-13(9-11)17(16)12-7-5-10(14)6-8-12/h5-8,11,13,15H,2-4,9H2,1H3. The van der Waals surface area contributed by atoms with Crippen molar-refractivity contribution in [2.75, 3.05) is 7.05 Å². The van der Waals surface area contributed by atoms with Gasteiger partial charge in [0.15, 0.2) is 0 Å². The Kier molecular flexibility index (Phi) is 4.29. The first kappa shape index (κ1) is 12.7. The molecule has 4 heteroatoms. The van der Waals surface area contributed by atoms with Crippen LogP contribution < -0.4 is 5.32 Å². The van der Waals surface area contributed by atoms with E-state index in [0.29, 0.717) is 6.04 Å². The monoisotopic (exact) mass is 255 g/mol. The smallest absolute Gasteiger partial charge is 0.123 e. The molecule has 1 aliphatic rings. The van der Waals surface area contributed by atoms with Crippen molar-refractivity contribution in [1.29, 1.82) is 0 Å². The van der Waals surface area contributed by atoms with Crippen LogP contribution in [-0.2, 0) is 10.8 Å². The molecule has 1 aromatic rings. The number of nitrogens with one attached hydrogen (secondary N) is 1. The van der Waals surface area contributed by atoms with E-state index < -0.39 is 10.8 Å². The van der Waals surface area contributed by atoms with E-state index in [1.807, 2.05) is 7.05 Å². The van der Waals surface area contributed by atoms with E-state index in [1.165, 1.54) is 12.1 Å². The molecule has 1 aliphatic carbocycles. The summed E-state index contributed by atoms with van der Waals surface area (Å²) in [5.74, 6) is -0.275. The van der Waals surface area contributed by atoms with Gasteiger partial charge in [-0.3, -0.25) is 4.21 Å². The fourth-order valence-electron chi connectivity index (χ4n) is 2.36. The molecule has 17 heavy (non-hydrogen) atoms. The van der Waals surface area contributed by atoms with Crippen LogP contribution in [0.1, 0.15) is 25.7 Å². The van der Waals surface area contributed by atoms with Crippen LogP contribution in [0.3, 0.4) is 0 Å². The molecule has 0 aromatic heterocycles. The van der Waals surface area contributed by atoms with Gasteiger partial charge in [0.25, 0.3) is 0 Å². The Morgan fingerprint density at radius 3 is 2.65 bits per heavy atom. The Balaban J connectivity index is 2.06. The lowest BCUT2D eigenvalue weighted by atomic mass is 9.95. The molecule has 1 saturated carbocycles. The summed E-state index contributed by atoms with van der Waals surface area (Å²) in [4.78, 5) is 0.744. The molecule has 0 bridgehead atoms. The maximum Gasteiger partial charge on any atom is 0.123 e. The fourth-order valence-corrected chi connectivity index (χ4v) is 3.94. The van der Waals surface area contributed by atoms with Gasteiger partial charge >= 0.3 is 0 Å². The van der Waals surface area contributed by atoms with Crippen LogP contribution in [0.25, 0.3) is 0 Å². The van der Waals surface area contributed by atoms with E-state index in [-0.39, 0.29) is 11.1 Å². The molecular formula is C13H18FNOS. The summed E-state index contributed by atoms with van der Waals surface area (Å²) in [7, 11) is 0.945. The van der Waals surface area contributed by atoms with Crippen molar-refractivity contribution in [3.8, 4) is 0 Å². The highest BCUT2D eigenvalue weighted by molar-refractivity contribution is 7.85. The third-order valence-electron chi connectivity index (χ3n) is 3.38. The first-order valence-electron chi connectivity index (χ1n) is 6.04. The highest BCUT2D eigenvalue weighted by Gasteiger charge is 2.26. The summed E-state index contributed by atoms with van der Waals surface area (Å²) in [6, 6.07) is 6.50. The van der Waals surface area contributed by atoms with Gasteiger partial charge in [-0.25, -0.2) is 4.39 Å². The van der Waals surface area contributed by atoms with Gasteiger partial charge in [-0.1, -0.05) is 6.42 Å². The minimum absolute atomic E-state index is 0.201. The SMILES string of the molecule is CNC1CCCC(S(=O)c2ccc(F)cc2)C1. The van der Waals surface area contributed by atoms with E-state index in [2.05, 4.69) is 5.32 Å².